The van der Waals surface area contributed by atoms with Gasteiger partial charge in [-0.1, -0.05) is 12.1 Å². The van der Waals surface area contributed by atoms with Crippen molar-refractivity contribution < 1.29 is 14.3 Å². The van der Waals surface area contributed by atoms with Crippen LogP contribution in [0.4, 0.5) is 4.39 Å². The average molecular weight is 240 g/mol. The van der Waals surface area contributed by atoms with Gasteiger partial charge in [-0.15, -0.1) is 0 Å². The number of halogens is 1. The number of carbonyl (C=O) groups is 1. The molecule has 4 nitrogen and oxygen atoms in total. The third-order valence-corrected chi connectivity index (χ3v) is 2.47. The molecule has 17 heavy (non-hydrogen) atoms. The van der Waals surface area contributed by atoms with Gasteiger partial charge >= 0.3 is 5.97 Å². The topological polar surface area (TPSA) is 61.4 Å². The first-order valence-corrected chi connectivity index (χ1v) is 5.48. The number of likely N-dealkylation sites (N-methyl/N-ethyl adjacent to an activating group) is 1. The predicted octanol–water partition coefficient (Wildman–Crippen LogP) is 0.630. The lowest BCUT2D eigenvalue weighted by Crippen LogP contribution is -2.43. The van der Waals surface area contributed by atoms with Crippen molar-refractivity contribution >= 4 is 5.97 Å². The summed E-state index contributed by atoms with van der Waals surface area (Å²) in [4.78, 5) is 10.7. The number of carboxylic acid groups (broad SMARTS) is 1. The van der Waals surface area contributed by atoms with Crippen LogP contribution in [0.3, 0.4) is 0 Å². The Kier molecular flexibility index (Phi) is 5.59. The van der Waals surface area contributed by atoms with Crippen molar-refractivity contribution in [1.82, 2.24) is 10.6 Å². The maximum absolute atomic E-state index is 12.9. The minimum absolute atomic E-state index is 0.249. The van der Waals surface area contributed by atoms with Gasteiger partial charge in [0.05, 0.1) is 0 Å². The fraction of sp³-hybridized carbons (Fsp3) is 0.417. The second kappa shape index (κ2) is 6.98. The van der Waals surface area contributed by atoms with E-state index in [0.717, 1.165) is 5.56 Å². The monoisotopic (exact) mass is 240 g/mol. The van der Waals surface area contributed by atoms with Crippen molar-refractivity contribution in [2.24, 2.45) is 0 Å². The summed E-state index contributed by atoms with van der Waals surface area (Å²) in [6.07, 6.45) is 0.674. The van der Waals surface area contributed by atoms with Gasteiger partial charge in [-0.25, -0.2) is 4.39 Å². The lowest BCUT2D eigenvalue weighted by atomic mass is 10.1. The molecule has 0 saturated carbocycles. The number of benzene rings is 1. The van der Waals surface area contributed by atoms with E-state index in [1.807, 2.05) is 6.07 Å². The van der Waals surface area contributed by atoms with Gasteiger partial charge in [-0.2, -0.15) is 0 Å². The lowest BCUT2D eigenvalue weighted by Gasteiger charge is -2.12. The third-order valence-electron chi connectivity index (χ3n) is 2.47. The Morgan fingerprint density at radius 3 is 2.88 bits per heavy atom. The molecule has 0 radical (unpaired) electrons. The molecule has 3 N–H and O–H groups in total. The Morgan fingerprint density at radius 1 is 1.53 bits per heavy atom. The fourth-order valence-corrected chi connectivity index (χ4v) is 1.48. The van der Waals surface area contributed by atoms with Gasteiger partial charge in [-0.05, 0) is 37.7 Å². The van der Waals surface area contributed by atoms with Gasteiger partial charge in [0.1, 0.15) is 11.9 Å². The molecule has 0 fully saturated rings. The highest BCUT2D eigenvalue weighted by Crippen LogP contribution is 2.03. The molecule has 0 aliphatic carbocycles. The summed E-state index contributed by atoms with van der Waals surface area (Å²) in [6, 6.07) is 5.80. The minimum atomic E-state index is -0.884. The van der Waals surface area contributed by atoms with Crippen LogP contribution in [0.15, 0.2) is 24.3 Å². The average Bonchev–Trinajstić information content (AvgIpc) is 2.28. The zero-order chi connectivity index (χ0) is 12.7. The molecule has 94 valence electrons. The SMILES string of the molecule is CNC(CNCCc1cccc(F)c1)C(=O)O. The molecule has 0 amide bonds. The molecular formula is C12H17FN2O2. The number of hydrogen-bond acceptors (Lipinski definition) is 3. The van der Waals surface area contributed by atoms with Crippen molar-refractivity contribution in [3.8, 4) is 0 Å². The molecule has 0 spiro atoms. The molecule has 0 bridgehead atoms. The maximum atomic E-state index is 12.9. The Hall–Kier alpha value is -1.46. The van der Waals surface area contributed by atoms with Crippen LogP contribution in [-0.2, 0) is 11.2 Å². The lowest BCUT2D eigenvalue weighted by molar-refractivity contribution is -0.139. The Labute approximate surface area is 99.8 Å². The smallest absolute Gasteiger partial charge is 0.322 e. The molecule has 1 unspecified atom stereocenters. The van der Waals surface area contributed by atoms with Gasteiger partial charge in [0.25, 0.3) is 0 Å². The van der Waals surface area contributed by atoms with Crippen LogP contribution >= 0.6 is 0 Å². The zero-order valence-corrected chi connectivity index (χ0v) is 9.74. The summed E-state index contributed by atoms with van der Waals surface area (Å²) in [5.74, 6) is -1.13. The van der Waals surface area contributed by atoms with E-state index in [2.05, 4.69) is 10.6 Å². The molecule has 1 rings (SSSR count). The first-order chi connectivity index (χ1) is 8.13. The first-order valence-electron chi connectivity index (χ1n) is 5.48. The van der Waals surface area contributed by atoms with E-state index in [9.17, 15) is 9.18 Å². The quantitative estimate of drug-likeness (QED) is 0.612. The standard InChI is InChI=1S/C12H17FN2O2/c1-14-11(12(16)17)8-15-6-5-9-3-2-4-10(13)7-9/h2-4,7,11,14-15H,5-6,8H2,1H3,(H,16,17). The van der Waals surface area contributed by atoms with Crippen LogP contribution in [-0.4, -0.2) is 37.3 Å². The largest absolute Gasteiger partial charge is 0.480 e. The van der Waals surface area contributed by atoms with Gasteiger partial charge < -0.3 is 15.7 Å². The fourth-order valence-electron chi connectivity index (χ4n) is 1.48. The van der Waals surface area contributed by atoms with E-state index >= 15 is 0 Å². The Balaban J connectivity index is 2.26. The van der Waals surface area contributed by atoms with Gasteiger partial charge in [0, 0.05) is 6.54 Å². The van der Waals surface area contributed by atoms with E-state index in [1.54, 1.807) is 13.1 Å². The van der Waals surface area contributed by atoms with Gasteiger partial charge in [-0.3, -0.25) is 4.79 Å². The summed E-state index contributed by atoms with van der Waals surface area (Å²) in [5.41, 5.74) is 0.897. The van der Waals surface area contributed by atoms with E-state index in [1.165, 1.54) is 12.1 Å². The van der Waals surface area contributed by atoms with Gasteiger partial charge in [0.15, 0.2) is 0 Å². The van der Waals surface area contributed by atoms with E-state index in [0.29, 0.717) is 19.5 Å². The molecule has 0 aromatic heterocycles. The molecule has 0 saturated heterocycles. The summed E-state index contributed by atoms with van der Waals surface area (Å²) in [7, 11) is 1.60. The summed E-state index contributed by atoms with van der Waals surface area (Å²) in [6.45, 7) is 0.968. The van der Waals surface area contributed by atoms with Gasteiger partial charge in [0.2, 0.25) is 0 Å². The van der Waals surface area contributed by atoms with Crippen LogP contribution in [0.1, 0.15) is 5.56 Å². The highest BCUT2D eigenvalue weighted by atomic mass is 19.1. The summed E-state index contributed by atoms with van der Waals surface area (Å²) < 4.78 is 12.9. The summed E-state index contributed by atoms with van der Waals surface area (Å²) >= 11 is 0. The van der Waals surface area contributed by atoms with Crippen LogP contribution in [0.5, 0.6) is 0 Å². The van der Waals surface area contributed by atoms with Crippen molar-refractivity contribution in [3.05, 3.63) is 35.6 Å². The molecule has 5 heteroatoms. The molecule has 1 aromatic rings. The maximum Gasteiger partial charge on any atom is 0.322 e. The highest BCUT2D eigenvalue weighted by molar-refractivity contribution is 5.73. The number of nitrogens with one attached hydrogen (secondary N) is 2. The summed E-state index contributed by atoms with van der Waals surface area (Å²) in [5, 5.41) is 14.5. The third kappa shape index (κ3) is 4.93. The van der Waals surface area contributed by atoms with Crippen molar-refractivity contribution in [1.29, 1.82) is 0 Å². The second-order valence-electron chi connectivity index (χ2n) is 3.76. The molecule has 0 heterocycles. The van der Waals surface area contributed by atoms with Crippen molar-refractivity contribution in [2.45, 2.75) is 12.5 Å². The molecule has 1 aromatic carbocycles. The first kappa shape index (κ1) is 13.6. The number of rotatable bonds is 7. The second-order valence-corrected chi connectivity index (χ2v) is 3.76. The van der Waals surface area contributed by atoms with Crippen molar-refractivity contribution in [2.75, 3.05) is 20.1 Å². The predicted molar refractivity (Wildman–Crippen MR) is 63.5 cm³/mol. The minimum Gasteiger partial charge on any atom is -0.480 e. The van der Waals surface area contributed by atoms with E-state index < -0.39 is 12.0 Å². The number of hydrogen-bond donors (Lipinski definition) is 3. The molecule has 1 atom stereocenters. The molecular weight excluding hydrogens is 223 g/mol. The number of aliphatic carboxylic acids is 1. The van der Waals surface area contributed by atoms with E-state index in [4.69, 9.17) is 5.11 Å². The van der Waals surface area contributed by atoms with Crippen LogP contribution < -0.4 is 10.6 Å². The zero-order valence-electron chi connectivity index (χ0n) is 9.74. The number of carboxylic acids is 1. The molecule has 0 aliphatic heterocycles. The normalized spacial score (nSPS) is 12.4. The Bertz CT molecular complexity index is 371. The van der Waals surface area contributed by atoms with Crippen LogP contribution in [0.25, 0.3) is 0 Å². The van der Waals surface area contributed by atoms with Crippen LogP contribution in [0, 0.1) is 5.82 Å². The highest BCUT2D eigenvalue weighted by Gasteiger charge is 2.13. The van der Waals surface area contributed by atoms with E-state index in [-0.39, 0.29) is 5.82 Å². The van der Waals surface area contributed by atoms with Crippen molar-refractivity contribution in [3.63, 3.8) is 0 Å². The van der Waals surface area contributed by atoms with Crippen LogP contribution in [0.2, 0.25) is 0 Å². The molecule has 0 aliphatic rings. The Morgan fingerprint density at radius 2 is 2.29 bits per heavy atom.